The summed E-state index contributed by atoms with van der Waals surface area (Å²) in [5.41, 5.74) is 2.64. The van der Waals surface area contributed by atoms with Gasteiger partial charge in [0, 0.05) is 43.5 Å². The van der Waals surface area contributed by atoms with Gasteiger partial charge in [-0.05, 0) is 13.0 Å². The highest BCUT2D eigenvalue weighted by Crippen LogP contribution is 2.26. The van der Waals surface area contributed by atoms with Gasteiger partial charge in [-0.2, -0.15) is 5.10 Å². The number of rotatable bonds is 4. The molecule has 20 heavy (non-hydrogen) atoms. The Morgan fingerprint density at radius 2 is 2.20 bits per heavy atom. The molecular formula is C15H23N5. The molecule has 0 saturated carbocycles. The van der Waals surface area contributed by atoms with Crippen LogP contribution in [0.3, 0.4) is 0 Å². The second-order valence-corrected chi connectivity index (χ2v) is 5.89. The number of imidazole rings is 1. The lowest BCUT2D eigenvalue weighted by Gasteiger charge is -2.23. The Kier molecular flexibility index (Phi) is 3.61. The molecule has 2 aromatic rings. The Bertz CT molecular complexity index is 567. The molecule has 3 rings (SSSR count). The van der Waals surface area contributed by atoms with E-state index in [0.717, 1.165) is 26.1 Å². The molecule has 2 aromatic heterocycles. The Hall–Kier alpha value is -1.62. The van der Waals surface area contributed by atoms with Crippen LogP contribution >= 0.6 is 0 Å². The molecule has 0 amide bonds. The van der Waals surface area contributed by atoms with E-state index in [1.807, 2.05) is 23.1 Å². The molecule has 0 fully saturated rings. The molecule has 1 aliphatic rings. The van der Waals surface area contributed by atoms with Gasteiger partial charge in [-0.15, -0.1) is 0 Å². The first kappa shape index (κ1) is 13.4. The van der Waals surface area contributed by atoms with Crippen LogP contribution in [0.25, 0.3) is 0 Å². The first-order valence-electron chi connectivity index (χ1n) is 7.45. The highest BCUT2D eigenvalue weighted by atomic mass is 15.3. The summed E-state index contributed by atoms with van der Waals surface area (Å²) in [6.07, 6.45) is 4.93. The highest BCUT2D eigenvalue weighted by molar-refractivity contribution is 5.22. The standard InChI is InChI=1S/C15H23N5/c1-11(2)15-18-13-9-16-7-5-14(13)20(15)12(3)10-19-8-4-6-17-19/h4,6,8,11-12,16H,5,7,9-10H2,1-3H3. The molecular weight excluding hydrogens is 250 g/mol. The lowest BCUT2D eigenvalue weighted by atomic mass is 10.1. The summed E-state index contributed by atoms with van der Waals surface area (Å²) in [5.74, 6) is 1.65. The van der Waals surface area contributed by atoms with Crippen LogP contribution in [-0.2, 0) is 19.5 Å². The van der Waals surface area contributed by atoms with Crippen molar-refractivity contribution in [1.82, 2.24) is 24.6 Å². The average Bonchev–Trinajstić information content (AvgIpc) is 3.04. The summed E-state index contributed by atoms with van der Waals surface area (Å²) >= 11 is 0. The maximum atomic E-state index is 4.87. The van der Waals surface area contributed by atoms with Crippen LogP contribution in [0.1, 0.15) is 49.9 Å². The van der Waals surface area contributed by atoms with Crippen LogP contribution in [-0.4, -0.2) is 25.9 Å². The fourth-order valence-corrected chi connectivity index (χ4v) is 3.01. The van der Waals surface area contributed by atoms with Crippen molar-refractivity contribution in [1.29, 1.82) is 0 Å². The van der Waals surface area contributed by atoms with Crippen LogP contribution in [0.4, 0.5) is 0 Å². The lowest BCUT2D eigenvalue weighted by molar-refractivity contribution is 0.407. The fraction of sp³-hybridized carbons (Fsp3) is 0.600. The van der Waals surface area contributed by atoms with E-state index >= 15 is 0 Å². The van der Waals surface area contributed by atoms with Gasteiger partial charge in [0.05, 0.1) is 18.3 Å². The molecule has 108 valence electrons. The van der Waals surface area contributed by atoms with E-state index in [2.05, 4.69) is 35.8 Å². The topological polar surface area (TPSA) is 47.7 Å². The van der Waals surface area contributed by atoms with Crippen LogP contribution in [0.2, 0.25) is 0 Å². The minimum atomic E-state index is 0.377. The van der Waals surface area contributed by atoms with Gasteiger partial charge in [0.2, 0.25) is 0 Å². The lowest BCUT2D eigenvalue weighted by Crippen LogP contribution is -2.26. The Labute approximate surface area is 120 Å². The van der Waals surface area contributed by atoms with Crippen molar-refractivity contribution < 1.29 is 0 Å². The second kappa shape index (κ2) is 5.40. The van der Waals surface area contributed by atoms with Gasteiger partial charge >= 0.3 is 0 Å². The number of hydrogen-bond donors (Lipinski definition) is 1. The minimum Gasteiger partial charge on any atom is -0.327 e. The summed E-state index contributed by atoms with van der Waals surface area (Å²) in [7, 11) is 0. The number of hydrogen-bond acceptors (Lipinski definition) is 3. The molecule has 0 bridgehead atoms. The van der Waals surface area contributed by atoms with Crippen LogP contribution in [0, 0.1) is 0 Å². The highest BCUT2D eigenvalue weighted by Gasteiger charge is 2.24. The zero-order chi connectivity index (χ0) is 14.1. The number of nitrogens with zero attached hydrogens (tertiary/aromatic N) is 4. The molecule has 0 spiro atoms. The number of fused-ring (bicyclic) bond motifs is 1. The van der Waals surface area contributed by atoms with Crippen molar-refractivity contribution >= 4 is 0 Å². The van der Waals surface area contributed by atoms with Crippen molar-refractivity contribution in [2.24, 2.45) is 0 Å². The molecule has 1 N–H and O–H groups in total. The van der Waals surface area contributed by atoms with Gasteiger partial charge in [-0.25, -0.2) is 4.98 Å². The third-order valence-corrected chi connectivity index (χ3v) is 3.92. The first-order chi connectivity index (χ1) is 9.66. The van der Waals surface area contributed by atoms with Gasteiger partial charge < -0.3 is 9.88 Å². The second-order valence-electron chi connectivity index (χ2n) is 5.89. The third kappa shape index (κ3) is 2.38. The molecule has 5 heteroatoms. The molecule has 5 nitrogen and oxygen atoms in total. The maximum Gasteiger partial charge on any atom is 0.112 e. The van der Waals surface area contributed by atoms with Gasteiger partial charge in [0.25, 0.3) is 0 Å². The van der Waals surface area contributed by atoms with E-state index in [9.17, 15) is 0 Å². The minimum absolute atomic E-state index is 0.377. The van der Waals surface area contributed by atoms with Crippen molar-refractivity contribution in [2.75, 3.05) is 6.54 Å². The molecule has 1 atom stereocenters. The van der Waals surface area contributed by atoms with E-state index in [1.165, 1.54) is 17.2 Å². The average molecular weight is 273 g/mol. The summed E-state index contributed by atoms with van der Waals surface area (Å²) < 4.78 is 4.45. The van der Waals surface area contributed by atoms with Crippen molar-refractivity contribution in [3.63, 3.8) is 0 Å². The molecule has 0 aliphatic carbocycles. The van der Waals surface area contributed by atoms with Gasteiger partial charge in [-0.1, -0.05) is 13.8 Å². The third-order valence-electron chi connectivity index (χ3n) is 3.92. The summed E-state index contributed by atoms with van der Waals surface area (Å²) in [4.78, 5) is 4.87. The molecule has 3 heterocycles. The van der Waals surface area contributed by atoms with E-state index in [-0.39, 0.29) is 0 Å². The van der Waals surface area contributed by atoms with Crippen LogP contribution in [0.5, 0.6) is 0 Å². The molecule has 0 radical (unpaired) electrons. The number of aromatic nitrogens is 4. The van der Waals surface area contributed by atoms with Crippen LogP contribution < -0.4 is 5.32 Å². The quantitative estimate of drug-likeness (QED) is 0.928. The Morgan fingerprint density at radius 1 is 1.35 bits per heavy atom. The summed E-state index contributed by atoms with van der Waals surface area (Å²) in [5, 5.41) is 7.73. The normalized spacial score (nSPS) is 16.4. The largest absolute Gasteiger partial charge is 0.327 e. The summed E-state index contributed by atoms with van der Waals surface area (Å²) in [6.45, 7) is 9.54. The zero-order valence-electron chi connectivity index (χ0n) is 12.5. The maximum absolute atomic E-state index is 4.87. The van der Waals surface area contributed by atoms with Crippen LogP contribution in [0.15, 0.2) is 18.5 Å². The van der Waals surface area contributed by atoms with Crippen molar-refractivity contribution in [3.05, 3.63) is 35.7 Å². The SMILES string of the molecule is CC(C)c1nc2c(n1C(C)Cn1cccn1)CCNC2. The van der Waals surface area contributed by atoms with Crippen molar-refractivity contribution in [2.45, 2.75) is 52.2 Å². The molecule has 0 aromatic carbocycles. The number of nitrogens with one attached hydrogen (secondary N) is 1. The van der Waals surface area contributed by atoms with Crippen molar-refractivity contribution in [3.8, 4) is 0 Å². The Morgan fingerprint density at radius 3 is 2.90 bits per heavy atom. The molecule has 1 aliphatic heterocycles. The molecule has 1 unspecified atom stereocenters. The predicted octanol–water partition coefficient (Wildman–Crippen LogP) is 2.11. The smallest absolute Gasteiger partial charge is 0.112 e. The van der Waals surface area contributed by atoms with E-state index in [0.29, 0.717) is 12.0 Å². The van der Waals surface area contributed by atoms with E-state index < -0.39 is 0 Å². The monoisotopic (exact) mass is 273 g/mol. The molecule has 0 saturated heterocycles. The van der Waals surface area contributed by atoms with E-state index in [4.69, 9.17) is 4.98 Å². The zero-order valence-corrected chi connectivity index (χ0v) is 12.5. The summed E-state index contributed by atoms with van der Waals surface area (Å²) in [6, 6.07) is 2.35. The predicted molar refractivity (Wildman–Crippen MR) is 78.7 cm³/mol. The Balaban J connectivity index is 1.95. The van der Waals surface area contributed by atoms with Gasteiger partial charge in [0.1, 0.15) is 5.82 Å². The fourth-order valence-electron chi connectivity index (χ4n) is 3.01. The first-order valence-corrected chi connectivity index (χ1v) is 7.45. The van der Waals surface area contributed by atoms with Gasteiger partial charge in [0.15, 0.2) is 0 Å². The van der Waals surface area contributed by atoms with Gasteiger partial charge in [-0.3, -0.25) is 4.68 Å². The van der Waals surface area contributed by atoms with E-state index in [1.54, 1.807) is 0 Å².